The molecule has 0 bridgehead atoms. The first kappa shape index (κ1) is 12.1. The zero-order valence-corrected chi connectivity index (χ0v) is 11.3. The van der Waals surface area contributed by atoms with Crippen LogP contribution in [0.4, 0.5) is 0 Å². The van der Waals surface area contributed by atoms with Crippen molar-refractivity contribution in [3.05, 3.63) is 49.3 Å². The minimum atomic E-state index is -0.253. The van der Waals surface area contributed by atoms with Crippen molar-refractivity contribution in [2.24, 2.45) is 0 Å². The molecule has 0 atom stereocenters. The number of nitrogens with one attached hydrogen (secondary N) is 1. The molecule has 2 aromatic heterocycles. The molecule has 4 nitrogen and oxygen atoms in total. The monoisotopic (exact) mass is 291 g/mol. The van der Waals surface area contributed by atoms with Crippen LogP contribution in [0.25, 0.3) is 10.1 Å². The van der Waals surface area contributed by atoms with Crippen molar-refractivity contribution in [2.75, 3.05) is 0 Å². The van der Waals surface area contributed by atoms with Gasteiger partial charge in [-0.25, -0.2) is 0 Å². The van der Waals surface area contributed by atoms with E-state index in [1.807, 2.05) is 18.2 Å². The molecule has 0 aliphatic rings. The van der Waals surface area contributed by atoms with Gasteiger partial charge in [0.05, 0.1) is 4.88 Å². The maximum atomic E-state index is 11.1. The number of hydrogen-bond acceptors (Lipinski definition) is 5. The predicted octanol–water partition coefficient (Wildman–Crippen LogP) is 2.76. The first-order valence-electron chi connectivity index (χ1n) is 5.54. The van der Waals surface area contributed by atoms with E-state index < -0.39 is 0 Å². The van der Waals surface area contributed by atoms with Crippen molar-refractivity contribution in [3.8, 4) is 5.88 Å². The summed E-state index contributed by atoms with van der Waals surface area (Å²) in [6, 6.07) is 7.53. The molecule has 3 rings (SSSR count). The highest BCUT2D eigenvalue weighted by Gasteiger charge is 2.10. The van der Waals surface area contributed by atoms with Crippen LogP contribution in [-0.4, -0.2) is 16.4 Å². The molecule has 2 N–H and O–H groups in total. The molecule has 0 fully saturated rings. The fourth-order valence-corrected chi connectivity index (χ4v) is 3.86. The Morgan fingerprint density at radius 2 is 2.11 bits per heavy atom. The van der Waals surface area contributed by atoms with Gasteiger partial charge in [0.25, 0.3) is 0 Å². The molecule has 3 aromatic rings. The number of rotatable bonds is 3. The summed E-state index contributed by atoms with van der Waals surface area (Å²) in [7, 11) is 0. The summed E-state index contributed by atoms with van der Waals surface area (Å²) in [4.78, 5) is 25.6. The van der Waals surface area contributed by atoms with E-state index in [1.54, 1.807) is 17.4 Å². The van der Waals surface area contributed by atoms with Crippen LogP contribution >= 0.6 is 22.7 Å². The van der Waals surface area contributed by atoms with E-state index in [0.29, 0.717) is 16.9 Å². The minimum Gasteiger partial charge on any atom is -0.494 e. The SMILES string of the molecule is O=Cc1ccc2cc(Cc3sc(=O)[nH]c3O)sc2c1. The van der Waals surface area contributed by atoms with Gasteiger partial charge in [0.1, 0.15) is 6.29 Å². The van der Waals surface area contributed by atoms with Crippen LogP contribution in [0.3, 0.4) is 0 Å². The van der Waals surface area contributed by atoms with E-state index in [-0.39, 0.29) is 10.8 Å². The van der Waals surface area contributed by atoms with Gasteiger partial charge in [0, 0.05) is 21.6 Å². The molecular formula is C13H9NO3S2. The molecule has 96 valence electrons. The van der Waals surface area contributed by atoms with Crippen LogP contribution < -0.4 is 4.87 Å². The van der Waals surface area contributed by atoms with Gasteiger partial charge in [0.15, 0.2) is 0 Å². The van der Waals surface area contributed by atoms with E-state index >= 15 is 0 Å². The maximum absolute atomic E-state index is 11.1. The van der Waals surface area contributed by atoms with E-state index in [2.05, 4.69) is 4.98 Å². The third-order valence-electron chi connectivity index (χ3n) is 2.77. The van der Waals surface area contributed by atoms with Crippen molar-refractivity contribution < 1.29 is 9.90 Å². The number of carbonyl (C=O) groups excluding carboxylic acids is 1. The molecule has 0 spiro atoms. The molecule has 19 heavy (non-hydrogen) atoms. The van der Waals surface area contributed by atoms with Crippen molar-refractivity contribution in [2.45, 2.75) is 6.42 Å². The number of aromatic nitrogens is 1. The van der Waals surface area contributed by atoms with Crippen LogP contribution in [0.15, 0.2) is 29.1 Å². The van der Waals surface area contributed by atoms with Crippen molar-refractivity contribution in [3.63, 3.8) is 0 Å². The van der Waals surface area contributed by atoms with Crippen LogP contribution in [0.1, 0.15) is 20.1 Å². The van der Waals surface area contributed by atoms with Crippen LogP contribution in [0.2, 0.25) is 0 Å². The second-order valence-electron chi connectivity index (χ2n) is 4.09. The highest BCUT2D eigenvalue weighted by molar-refractivity contribution is 7.19. The van der Waals surface area contributed by atoms with Gasteiger partial charge in [-0.1, -0.05) is 23.5 Å². The maximum Gasteiger partial charge on any atom is 0.307 e. The third kappa shape index (κ3) is 2.32. The average Bonchev–Trinajstić information content (AvgIpc) is 2.91. The van der Waals surface area contributed by atoms with Gasteiger partial charge in [-0.2, -0.15) is 0 Å². The molecule has 0 aliphatic carbocycles. The fraction of sp³-hybridized carbons (Fsp3) is 0.0769. The second-order valence-corrected chi connectivity index (χ2v) is 6.33. The number of thiophene rings is 1. The van der Waals surface area contributed by atoms with Gasteiger partial charge in [-0.3, -0.25) is 14.6 Å². The van der Waals surface area contributed by atoms with Crippen molar-refractivity contribution in [1.82, 2.24) is 4.98 Å². The summed E-state index contributed by atoms with van der Waals surface area (Å²) in [5, 5.41) is 10.6. The molecule has 6 heteroatoms. The Morgan fingerprint density at radius 3 is 2.79 bits per heavy atom. The number of aromatic amines is 1. The lowest BCUT2D eigenvalue weighted by Gasteiger charge is -1.92. The lowest BCUT2D eigenvalue weighted by atomic mass is 10.2. The highest BCUT2D eigenvalue weighted by atomic mass is 32.1. The molecule has 0 saturated heterocycles. The first-order chi connectivity index (χ1) is 9.15. The molecule has 0 aliphatic heterocycles. The number of aldehydes is 1. The number of aromatic hydroxyl groups is 1. The lowest BCUT2D eigenvalue weighted by Crippen LogP contribution is -1.89. The Bertz CT molecular complexity index is 813. The molecule has 0 saturated carbocycles. The standard InChI is InChI=1S/C13H9NO3S2/c15-6-7-1-2-8-4-9(18-10(8)3-7)5-11-12(16)14-13(17)19-11/h1-4,6,16H,5H2,(H,14,17). The number of fused-ring (bicyclic) bond motifs is 1. The first-order valence-corrected chi connectivity index (χ1v) is 7.17. The smallest absolute Gasteiger partial charge is 0.307 e. The predicted molar refractivity (Wildman–Crippen MR) is 76.6 cm³/mol. The summed E-state index contributed by atoms with van der Waals surface area (Å²) >= 11 is 2.58. The van der Waals surface area contributed by atoms with Crippen LogP contribution in [0.5, 0.6) is 5.88 Å². The number of benzene rings is 1. The average molecular weight is 291 g/mol. The van der Waals surface area contributed by atoms with Gasteiger partial charge >= 0.3 is 4.87 Å². The Balaban J connectivity index is 1.99. The molecule has 0 amide bonds. The Labute approximate surface area is 116 Å². The third-order valence-corrected chi connectivity index (χ3v) is 4.74. The van der Waals surface area contributed by atoms with Gasteiger partial charge < -0.3 is 5.11 Å². The number of thiazole rings is 1. The quantitative estimate of drug-likeness (QED) is 0.729. The summed E-state index contributed by atoms with van der Waals surface area (Å²) in [6.45, 7) is 0. The van der Waals surface area contributed by atoms with Crippen LogP contribution in [-0.2, 0) is 6.42 Å². The van der Waals surface area contributed by atoms with E-state index in [4.69, 9.17) is 0 Å². The second kappa shape index (κ2) is 4.64. The molecule has 0 unspecified atom stereocenters. The minimum absolute atomic E-state index is 0.0546. The fourth-order valence-electron chi connectivity index (χ4n) is 1.89. The van der Waals surface area contributed by atoms with Gasteiger partial charge in [-0.05, 0) is 17.5 Å². The van der Waals surface area contributed by atoms with E-state index in [0.717, 1.165) is 32.6 Å². The van der Waals surface area contributed by atoms with Gasteiger partial charge in [-0.15, -0.1) is 11.3 Å². The van der Waals surface area contributed by atoms with E-state index in [9.17, 15) is 14.7 Å². The zero-order chi connectivity index (χ0) is 13.4. The molecular weight excluding hydrogens is 282 g/mol. The van der Waals surface area contributed by atoms with Crippen molar-refractivity contribution in [1.29, 1.82) is 0 Å². The molecule has 1 aromatic carbocycles. The number of hydrogen-bond donors (Lipinski definition) is 2. The topological polar surface area (TPSA) is 70.2 Å². The summed E-state index contributed by atoms with van der Waals surface area (Å²) in [5.41, 5.74) is 0.648. The largest absolute Gasteiger partial charge is 0.494 e. The van der Waals surface area contributed by atoms with Crippen LogP contribution in [0, 0.1) is 0 Å². The Morgan fingerprint density at radius 1 is 1.26 bits per heavy atom. The molecule has 2 heterocycles. The number of H-pyrrole nitrogens is 1. The Kier molecular flexibility index (Phi) is 2.96. The highest BCUT2D eigenvalue weighted by Crippen LogP contribution is 2.30. The molecule has 0 radical (unpaired) electrons. The van der Waals surface area contributed by atoms with Crippen molar-refractivity contribution >= 4 is 39.0 Å². The summed E-state index contributed by atoms with van der Waals surface area (Å²) < 4.78 is 1.03. The normalized spacial score (nSPS) is 10.9. The van der Waals surface area contributed by atoms with E-state index in [1.165, 1.54) is 0 Å². The zero-order valence-electron chi connectivity index (χ0n) is 9.67. The Hall–Kier alpha value is -1.92. The summed E-state index contributed by atoms with van der Waals surface area (Å²) in [5.74, 6) is -0.0546. The number of carbonyl (C=O) groups is 1. The summed E-state index contributed by atoms with van der Waals surface area (Å²) in [6.07, 6.45) is 1.34. The van der Waals surface area contributed by atoms with Gasteiger partial charge in [0.2, 0.25) is 5.88 Å². The lowest BCUT2D eigenvalue weighted by molar-refractivity contribution is 0.112.